The monoisotopic (exact) mass is 557 g/mol. The van der Waals surface area contributed by atoms with Crippen LogP contribution in [0.15, 0.2) is 81.2 Å². The van der Waals surface area contributed by atoms with Crippen LogP contribution in [0.3, 0.4) is 0 Å². The van der Waals surface area contributed by atoms with Crippen molar-refractivity contribution in [3.8, 4) is 0 Å². The fourth-order valence-corrected chi connectivity index (χ4v) is 5.60. The summed E-state index contributed by atoms with van der Waals surface area (Å²) in [6.45, 7) is 7.46. The topological polar surface area (TPSA) is 90.6 Å². The number of alkyl halides is 3. The SMILES string of the molecule is C=C(/C=C1\C(=C/C)N(C)C(=O)C1C)n1cc(C(=O)OC)c(=O)n(C2CCCC3C=C(C(F)(F)F)C=CC=C32)c1=O. The molecule has 2 fully saturated rings. The van der Waals surface area contributed by atoms with Crippen molar-refractivity contribution in [3.05, 3.63) is 98.0 Å². The zero-order valence-electron chi connectivity index (χ0n) is 22.6. The number of esters is 1. The van der Waals surface area contributed by atoms with Gasteiger partial charge in [0.25, 0.3) is 5.56 Å². The number of likely N-dealkylation sites (N-methyl/N-ethyl adjacent to an activating group) is 1. The van der Waals surface area contributed by atoms with Gasteiger partial charge < -0.3 is 9.64 Å². The Labute approximate surface area is 228 Å². The van der Waals surface area contributed by atoms with Gasteiger partial charge in [-0.2, -0.15) is 13.2 Å². The second-order valence-corrected chi connectivity index (χ2v) is 9.94. The van der Waals surface area contributed by atoms with Crippen LogP contribution in [0.2, 0.25) is 0 Å². The Kier molecular flexibility index (Phi) is 7.78. The first kappa shape index (κ1) is 28.8. The molecule has 4 rings (SSSR count). The van der Waals surface area contributed by atoms with Crippen LogP contribution in [0.25, 0.3) is 5.70 Å². The van der Waals surface area contributed by atoms with Crippen molar-refractivity contribution in [1.82, 2.24) is 14.0 Å². The number of likely N-dealkylation sites (tertiary alicyclic amines) is 1. The van der Waals surface area contributed by atoms with E-state index in [-0.39, 0.29) is 11.6 Å². The van der Waals surface area contributed by atoms with Crippen LogP contribution < -0.4 is 11.2 Å². The molecule has 1 aromatic heterocycles. The second kappa shape index (κ2) is 10.8. The minimum atomic E-state index is -4.55. The number of hydrogen-bond donors (Lipinski definition) is 0. The molecular formula is C29H30F3N3O5. The maximum atomic E-state index is 13.9. The van der Waals surface area contributed by atoms with E-state index in [1.165, 1.54) is 17.1 Å². The zero-order valence-corrected chi connectivity index (χ0v) is 22.6. The predicted octanol–water partition coefficient (Wildman–Crippen LogP) is 4.53. The maximum absolute atomic E-state index is 13.9. The van der Waals surface area contributed by atoms with Crippen LogP contribution in [-0.2, 0) is 9.53 Å². The van der Waals surface area contributed by atoms with Gasteiger partial charge >= 0.3 is 17.8 Å². The third-order valence-electron chi connectivity index (χ3n) is 7.64. The van der Waals surface area contributed by atoms with Crippen LogP contribution in [0, 0.1) is 11.8 Å². The number of aromatic nitrogens is 2. The number of carbonyl (C=O) groups excluding carboxylic acids is 2. The highest BCUT2D eigenvalue weighted by Gasteiger charge is 2.38. The molecule has 40 heavy (non-hydrogen) atoms. The highest BCUT2D eigenvalue weighted by molar-refractivity contribution is 5.90. The van der Waals surface area contributed by atoms with Gasteiger partial charge in [0.2, 0.25) is 5.91 Å². The van der Waals surface area contributed by atoms with E-state index in [1.54, 1.807) is 33.0 Å². The zero-order chi connectivity index (χ0) is 29.5. The standard InChI is InChI=1S/C29H30F3N3O5/c1-6-23-21(17(3)25(36)33(23)4)13-16(2)34-15-22(27(38)40-5)26(37)35(28(34)39)24-12-7-9-18-14-19(29(30,31)32)10-8-11-20(18)24/h6,8,10-11,13-15,17-18,24H,2,7,9,12H2,1,3-5H3/b21-13-,23-6+. The Morgan fingerprint density at radius 3 is 2.52 bits per heavy atom. The molecular weight excluding hydrogens is 527 g/mol. The summed E-state index contributed by atoms with van der Waals surface area (Å²) >= 11 is 0. The summed E-state index contributed by atoms with van der Waals surface area (Å²) in [5, 5.41) is 0. The number of amides is 1. The maximum Gasteiger partial charge on any atom is 0.416 e. The van der Waals surface area contributed by atoms with Crippen LogP contribution in [0.1, 0.15) is 49.5 Å². The smallest absolute Gasteiger partial charge is 0.416 e. The highest BCUT2D eigenvalue weighted by atomic mass is 19.4. The van der Waals surface area contributed by atoms with Crippen molar-refractivity contribution < 1.29 is 27.5 Å². The van der Waals surface area contributed by atoms with E-state index in [9.17, 15) is 32.3 Å². The number of ether oxygens (including phenoxy) is 1. The Balaban J connectivity index is 1.89. The first-order chi connectivity index (χ1) is 18.8. The summed E-state index contributed by atoms with van der Waals surface area (Å²) < 4.78 is 47.2. The van der Waals surface area contributed by atoms with Gasteiger partial charge in [0, 0.05) is 30.6 Å². The second-order valence-electron chi connectivity index (χ2n) is 9.94. The largest absolute Gasteiger partial charge is 0.465 e. The number of hydrogen-bond acceptors (Lipinski definition) is 5. The van der Waals surface area contributed by atoms with Gasteiger partial charge in [-0.25, -0.2) is 9.59 Å². The molecule has 2 aliphatic carbocycles. The van der Waals surface area contributed by atoms with Crippen molar-refractivity contribution in [1.29, 1.82) is 0 Å². The Hall–Kier alpha value is -4.15. The van der Waals surface area contributed by atoms with E-state index < -0.39 is 52.4 Å². The lowest BCUT2D eigenvalue weighted by Crippen LogP contribution is -2.45. The van der Waals surface area contributed by atoms with Crippen molar-refractivity contribution in [2.45, 2.75) is 45.3 Å². The molecule has 1 amide bonds. The van der Waals surface area contributed by atoms with E-state index in [0.29, 0.717) is 36.1 Å². The van der Waals surface area contributed by atoms with Crippen LogP contribution in [-0.4, -0.2) is 46.2 Å². The minimum absolute atomic E-state index is 0.0922. The molecule has 0 bridgehead atoms. The molecule has 3 atom stereocenters. The van der Waals surface area contributed by atoms with E-state index in [4.69, 9.17) is 4.74 Å². The fourth-order valence-electron chi connectivity index (χ4n) is 5.60. The quantitative estimate of drug-likeness (QED) is 0.508. The molecule has 3 aliphatic rings. The molecule has 1 saturated carbocycles. The first-order valence-corrected chi connectivity index (χ1v) is 12.8. The van der Waals surface area contributed by atoms with Gasteiger partial charge in [0.05, 0.1) is 24.6 Å². The number of rotatable bonds is 4. The molecule has 212 valence electrons. The summed E-state index contributed by atoms with van der Waals surface area (Å²) in [5.74, 6) is -2.30. The van der Waals surface area contributed by atoms with Gasteiger partial charge in [-0.3, -0.25) is 18.7 Å². The van der Waals surface area contributed by atoms with Crippen LogP contribution >= 0.6 is 0 Å². The van der Waals surface area contributed by atoms with Crippen LogP contribution in [0.5, 0.6) is 0 Å². The summed E-state index contributed by atoms with van der Waals surface area (Å²) in [6, 6.07) is -0.896. The lowest BCUT2D eigenvalue weighted by Gasteiger charge is -2.32. The Morgan fingerprint density at radius 2 is 1.90 bits per heavy atom. The molecule has 1 saturated heterocycles. The van der Waals surface area contributed by atoms with E-state index in [2.05, 4.69) is 6.58 Å². The molecule has 1 aliphatic heterocycles. The normalized spacial score (nSPS) is 25.0. The third kappa shape index (κ3) is 4.96. The molecule has 8 nitrogen and oxygen atoms in total. The van der Waals surface area contributed by atoms with Crippen LogP contribution in [0.4, 0.5) is 13.2 Å². The predicted molar refractivity (Wildman–Crippen MR) is 143 cm³/mol. The number of allylic oxidation sites excluding steroid dienone is 10. The Morgan fingerprint density at radius 1 is 1.20 bits per heavy atom. The first-order valence-electron chi connectivity index (χ1n) is 12.8. The molecule has 2 heterocycles. The third-order valence-corrected chi connectivity index (χ3v) is 7.64. The summed E-state index contributed by atoms with van der Waals surface area (Å²) in [6.07, 6.45) is 5.81. The number of methoxy groups -OCH3 is 1. The van der Waals surface area contributed by atoms with Crippen molar-refractivity contribution in [2.75, 3.05) is 14.2 Å². The highest BCUT2D eigenvalue weighted by Crippen LogP contribution is 2.41. The average Bonchev–Trinajstić information content (AvgIpc) is 3.06. The fraction of sp³-hybridized carbons (Fsp3) is 0.379. The molecule has 1 aromatic rings. The number of fused-ring (bicyclic) bond motifs is 1. The van der Waals surface area contributed by atoms with Gasteiger partial charge in [-0.15, -0.1) is 0 Å². The lowest BCUT2D eigenvalue weighted by molar-refractivity contribution is -0.128. The van der Waals surface area contributed by atoms with E-state index in [1.807, 2.05) is 0 Å². The molecule has 11 heteroatoms. The van der Waals surface area contributed by atoms with E-state index in [0.717, 1.165) is 34.6 Å². The van der Waals surface area contributed by atoms with Gasteiger partial charge in [0.1, 0.15) is 5.56 Å². The minimum Gasteiger partial charge on any atom is -0.465 e. The molecule has 0 radical (unpaired) electrons. The molecule has 3 unspecified atom stereocenters. The number of nitrogens with zero attached hydrogens (tertiary/aromatic N) is 3. The Bertz CT molecular complexity index is 1550. The average molecular weight is 558 g/mol. The molecule has 0 aromatic carbocycles. The van der Waals surface area contributed by atoms with Crippen molar-refractivity contribution in [2.24, 2.45) is 11.8 Å². The molecule has 0 spiro atoms. The van der Waals surface area contributed by atoms with E-state index >= 15 is 0 Å². The summed E-state index contributed by atoms with van der Waals surface area (Å²) in [4.78, 5) is 54.1. The number of halogens is 3. The molecule has 0 N–H and O–H groups in total. The van der Waals surface area contributed by atoms with Crippen molar-refractivity contribution in [3.63, 3.8) is 0 Å². The summed E-state index contributed by atoms with van der Waals surface area (Å²) in [7, 11) is 2.73. The summed E-state index contributed by atoms with van der Waals surface area (Å²) in [5.41, 5.74) is -1.17. The van der Waals surface area contributed by atoms with Gasteiger partial charge in [-0.05, 0) is 43.9 Å². The van der Waals surface area contributed by atoms with Gasteiger partial charge in [-0.1, -0.05) is 43.4 Å². The lowest BCUT2D eigenvalue weighted by atomic mass is 9.80. The number of carbonyl (C=O) groups is 2. The van der Waals surface area contributed by atoms with Crippen molar-refractivity contribution >= 4 is 17.6 Å². The van der Waals surface area contributed by atoms with Gasteiger partial charge in [0.15, 0.2) is 0 Å².